The van der Waals surface area contributed by atoms with Gasteiger partial charge in [0.2, 0.25) is 0 Å². The third kappa shape index (κ3) is 9.72. The second kappa shape index (κ2) is 24.5. The predicted molar refractivity (Wildman–Crippen MR) is 26.1 cm³/mol. The average molecular weight is 292 g/mol. The Labute approximate surface area is 54.9 Å². The maximum absolute atomic E-state index is 2.17. The van der Waals surface area contributed by atoms with Crippen molar-refractivity contribution >= 4 is 50.6 Å². The monoisotopic (exact) mass is 292 g/mol. The standard InChI is InChI=1S/CH3.2ClH.Tl/h1H3;2*1H;. The second-order valence-electron chi connectivity index (χ2n) is 0. The first-order valence-corrected chi connectivity index (χ1v) is 5.07. The molecule has 0 nitrogen and oxygen atoms in total. The van der Waals surface area contributed by atoms with Crippen LogP contribution in [0.2, 0.25) is 4.48 Å². The fourth-order valence-corrected chi connectivity index (χ4v) is 0. The van der Waals surface area contributed by atoms with E-state index in [2.05, 4.69) is 4.48 Å². The van der Waals surface area contributed by atoms with Gasteiger partial charge in [0.25, 0.3) is 0 Å². The van der Waals surface area contributed by atoms with Crippen molar-refractivity contribution in [2.24, 2.45) is 0 Å². The van der Waals surface area contributed by atoms with Gasteiger partial charge in [0.15, 0.2) is 0 Å². The molecule has 0 amide bonds. The number of halogens is 2. The molecule has 0 N–H and O–H groups in total. The van der Waals surface area contributed by atoms with Gasteiger partial charge in [-0.1, -0.05) is 0 Å². The molecule has 26 valence electrons. The molecule has 0 rings (SSSR count). The van der Waals surface area contributed by atoms with Crippen LogP contribution in [0.3, 0.4) is 0 Å². The summed E-state index contributed by atoms with van der Waals surface area (Å²) in [6.07, 6.45) is 0. The van der Waals surface area contributed by atoms with E-state index in [9.17, 15) is 0 Å². The molecule has 0 aliphatic rings. The molecular weight excluding hydrogens is 287 g/mol. The van der Waals surface area contributed by atoms with Crippen LogP contribution in [0.25, 0.3) is 0 Å². The molecule has 0 saturated carbocycles. The number of rotatable bonds is 0. The summed E-state index contributed by atoms with van der Waals surface area (Å²) in [5.74, 6) is 0. The SMILES string of the molecule is Cl.Cl.[CH3][Tl]. The van der Waals surface area contributed by atoms with Crippen LogP contribution in [0.5, 0.6) is 0 Å². The summed E-state index contributed by atoms with van der Waals surface area (Å²) in [6, 6.07) is 0. The number of hydrogen-bond donors (Lipinski definition) is 0. The molecule has 0 radical (unpaired) electrons. The third-order valence-corrected chi connectivity index (χ3v) is 0. The summed E-state index contributed by atoms with van der Waals surface area (Å²) >= 11 is 1.17. The molecule has 0 unspecified atom stereocenters. The van der Waals surface area contributed by atoms with E-state index in [1.54, 1.807) is 0 Å². The van der Waals surface area contributed by atoms with Crippen LogP contribution in [0.1, 0.15) is 0 Å². The number of hydrogen-bond acceptors (Lipinski definition) is 0. The summed E-state index contributed by atoms with van der Waals surface area (Å²) in [5, 5.41) is 0. The van der Waals surface area contributed by atoms with Crippen molar-refractivity contribution in [3.63, 3.8) is 0 Å². The van der Waals surface area contributed by atoms with Gasteiger partial charge < -0.3 is 0 Å². The van der Waals surface area contributed by atoms with Crippen LogP contribution in [0.15, 0.2) is 0 Å². The van der Waals surface area contributed by atoms with Crippen molar-refractivity contribution in [3.8, 4) is 0 Å². The van der Waals surface area contributed by atoms with Crippen molar-refractivity contribution in [1.29, 1.82) is 0 Å². The van der Waals surface area contributed by atoms with Gasteiger partial charge in [-0.3, -0.25) is 0 Å². The molecule has 0 aromatic rings. The predicted octanol–water partition coefficient (Wildman–Crippen LogP) is 1.05. The Morgan fingerprint density at radius 1 is 1.00 bits per heavy atom. The Morgan fingerprint density at radius 3 is 1.00 bits per heavy atom. The molecule has 0 aromatic carbocycles. The van der Waals surface area contributed by atoms with Crippen LogP contribution in [-0.2, 0) is 0 Å². The first-order valence-electron chi connectivity index (χ1n) is 0.577. The normalized spacial score (nSPS) is 1.00. The zero-order valence-corrected chi connectivity index (χ0v) is 8.52. The van der Waals surface area contributed by atoms with Gasteiger partial charge in [-0.05, 0) is 0 Å². The van der Waals surface area contributed by atoms with Gasteiger partial charge in [-0.15, -0.1) is 24.8 Å². The van der Waals surface area contributed by atoms with Crippen molar-refractivity contribution in [2.45, 2.75) is 4.48 Å². The van der Waals surface area contributed by atoms with E-state index in [0.717, 1.165) is 0 Å². The Bertz CT molecular complexity index is 6.00. The quantitative estimate of drug-likeness (QED) is 0.586. The van der Waals surface area contributed by atoms with Crippen LogP contribution in [0.4, 0.5) is 0 Å². The molecular formula is CH5Cl2Tl. The molecule has 0 aliphatic heterocycles. The molecule has 4 heavy (non-hydrogen) atoms. The van der Waals surface area contributed by atoms with Crippen LogP contribution < -0.4 is 0 Å². The van der Waals surface area contributed by atoms with Crippen LogP contribution in [-0.4, -0.2) is 25.8 Å². The second-order valence-corrected chi connectivity index (χ2v) is 0. The molecule has 0 bridgehead atoms. The third-order valence-electron chi connectivity index (χ3n) is 0. The molecule has 0 heterocycles. The van der Waals surface area contributed by atoms with E-state index in [-0.39, 0.29) is 24.8 Å². The molecule has 0 saturated heterocycles. The fourth-order valence-electron chi connectivity index (χ4n) is 0. The topological polar surface area (TPSA) is 0 Å². The molecule has 0 aromatic heterocycles. The van der Waals surface area contributed by atoms with E-state index in [4.69, 9.17) is 0 Å². The Morgan fingerprint density at radius 2 is 1.00 bits per heavy atom. The van der Waals surface area contributed by atoms with Crippen molar-refractivity contribution in [1.82, 2.24) is 0 Å². The molecule has 0 spiro atoms. The van der Waals surface area contributed by atoms with Gasteiger partial charge in [-0.2, -0.15) is 0 Å². The zero-order chi connectivity index (χ0) is 2.00. The molecule has 0 atom stereocenters. The van der Waals surface area contributed by atoms with E-state index < -0.39 is 0 Å². The van der Waals surface area contributed by atoms with Gasteiger partial charge in [0.1, 0.15) is 0 Å². The maximum atomic E-state index is 2.17. The molecule has 0 fully saturated rings. The van der Waals surface area contributed by atoms with Crippen molar-refractivity contribution < 1.29 is 0 Å². The summed E-state index contributed by atoms with van der Waals surface area (Å²) in [4.78, 5) is 0. The van der Waals surface area contributed by atoms with Crippen LogP contribution >= 0.6 is 24.8 Å². The molecule has 3 heteroatoms. The van der Waals surface area contributed by atoms with Gasteiger partial charge in [-0.25, -0.2) is 0 Å². The average Bonchev–Trinajstić information content (AvgIpc) is 1.00. The summed E-state index contributed by atoms with van der Waals surface area (Å²) in [6.45, 7) is 0. The first kappa shape index (κ1) is 17.8. The molecule has 0 aliphatic carbocycles. The van der Waals surface area contributed by atoms with Gasteiger partial charge >= 0.3 is 30.3 Å². The van der Waals surface area contributed by atoms with E-state index in [1.165, 1.54) is 25.8 Å². The Balaban J connectivity index is -0.00000000500. The van der Waals surface area contributed by atoms with Gasteiger partial charge in [0, 0.05) is 0 Å². The van der Waals surface area contributed by atoms with Crippen molar-refractivity contribution in [3.05, 3.63) is 0 Å². The summed E-state index contributed by atoms with van der Waals surface area (Å²) < 4.78 is 2.17. The van der Waals surface area contributed by atoms with Crippen LogP contribution in [0, 0.1) is 0 Å². The Kier molecular flexibility index (Phi) is 109. The van der Waals surface area contributed by atoms with E-state index >= 15 is 0 Å². The van der Waals surface area contributed by atoms with Gasteiger partial charge in [0.05, 0.1) is 0 Å². The zero-order valence-electron chi connectivity index (χ0n) is 2.39. The Hall–Kier alpha value is 1.50. The summed E-state index contributed by atoms with van der Waals surface area (Å²) in [5.41, 5.74) is 0. The summed E-state index contributed by atoms with van der Waals surface area (Å²) in [7, 11) is 0. The minimum absolute atomic E-state index is 0. The first-order chi connectivity index (χ1) is 1.00. The van der Waals surface area contributed by atoms with E-state index in [0.29, 0.717) is 0 Å². The van der Waals surface area contributed by atoms with E-state index in [1.807, 2.05) is 0 Å². The fraction of sp³-hybridized carbons (Fsp3) is 1.00. The minimum atomic E-state index is 0. The van der Waals surface area contributed by atoms with Crippen molar-refractivity contribution in [2.75, 3.05) is 0 Å².